The van der Waals surface area contributed by atoms with Gasteiger partial charge in [0.05, 0.1) is 12.0 Å². The number of carbonyl (C=O) groups is 1. The van der Waals surface area contributed by atoms with Gasteiger partial charge in [0, 0.05) is 6.04 Å². The van der Waals surface area contributed by atoms with Crippen LogP contribution in [-0.2, 0) is 9.53 Å². The summed E-state index contributed by atoms with van der Waals surface area (Å²) in [7, 11) is 0. The topological polar surface area (TPSA) is 52.3 Å². The van der Waals surface area contributed by atoms with Crippen LogP contribution in [0.1, 0.15) is 39.5 Å². The van der Waals surface area contributed by atoms with Gasteiger partial charge >= 0.3 is 5.97 Å². The van der Waals surface area contributed by atoms with E-state index in [2.05, 4.69) is 0 Å². The molecule has 1 rings (SSSR count). The third-order valence-corrected chi connectivity index (χ3v) is 2.70. The molecule has 0 heterocycles. The van der Waals surface area contributed by atoms with Gasteiger partial charge in [-0.3, -0.25) is 4.79 Å². The van der Waals surface area contributed by atoms with Crippen LogP contribution in [0.3, 0.4) is 0 Å². The van der Waals surface area contributed by atoms with Gasteiger partial charge in [-0.1, -0.05) is 6.92 Å². The van der Waals surface area contributed by atoms with Crippen LogP contribution in [0.25, 0.3) is 0 Å². The molecule has 0 aliphatic heterocycles. The number of nitrogens with two attached hydrogens (primary N) is 1. The van der Waals surface area contributed by atoms with Crippen LogP contribution in [0.4, 0.5) is 0 Å². The summed E-state index contributed by atoms with van der Waals surface area (Å²) in [6.45, 7) is 3.94. The lowest BCUT2D eigenvalue weighted by Crippen LogP contribution is -2.22. The van der Waals surface area contributed by atoms with Gasteiger partial charge in [0.2, 0.25) is 0 Å². The Kier molecular flexibility index (Phi) is 3.72. The summed E-state index contributed by atoms with van der Waals surface area (Å²) in [5.74, 6) is 0.00583. The van der Waals surface area contributed by atoms with E-state index in [0.29, 0.717) is 0 Å². The van der Waals surface area contributed by atoms with E-state index in [4.69, 9.17) is 10.5 Å². The van der Waals surface area contributed by atoms with Crippen LogP contribution < -0.4 is 5.73 Å². The van der Waals surface area contributed by atoms with E-state index in [-0.39, 0.29) is 24.0 Å². The molecule has 76 valence electrons. The van der Waals surface area contributed by atoms with Gasteiger partial charge in [0.15, 0.2) is 0 Å². The van der Waals surface area contributed by atoms with Gasteiger partial charge in [-0.15, -0.1) is 0 Å². The zero-order valence-electron chi connectivity index (χ0n) is 8.45. The molecule has 3 nitrogen and oxygen atoms in total. The van der Waals surface area contributed by atoms with Gasteiger partial charge in [0.25, 0.3) is 0 Å². The van der Waals surface area contributed by atoms with Crippen molar-refractivity contribution in [2.45, 2.75) is 51.7 Å². The third-order valence-electron chi connectivity index (χ3n) is 2.70. The standard InChI is InChI=1S/C10H19NO2/c1-3-7(2)13-10(12)8-4-5-9(11)6-8/h7-9H,3-6,11H2,1-2H3. The molecule has 0 bridgehead atoms. The van der Waals surface area contributed by atoms with Crippen LogP contribution in [0.2, 0.25) is 0 Å². The van der Waals surface area contributed by atoms with Crippen LogP contribution in [0.15, 0.2) is 0 Å². The number of rotatable bonds is 3. The van der Waals surface area contributed by atoms with Gasteiger partial charge in [-0.2, -0.15) is 0 Å². The molecular formula is C10H19NO2. The SMILES string of the molecule is CCC(C)OC(=O)C1CCC(N)C1. The second-order valence-corrected chi connectivity index (χ2v) is 3.93. The Balaban J connectivity index is 2.31. The summed E-state index contributed by atoms with van der Waals surface area (Å²) in [6.07, 6.45) is 3.58. The Morgan fingerprint density at radius 1 is 1.62 bits per heavy atom. The van der Waals surface area contributed by atoms with Gasteiger partial charge < -0.3 is 10.5 Å². The molecule has 1 fully saturated rings. The van der Waals surface area contributed by atoms with Crippen molar-refractivity contribution in [3.8, 4) is 0 Å². The minimum absolute atomic E-state index is 0.0457. The van der Waals surface area contributed by atoms with Crippen molar-refractivity contribution in [3.05, 3.63) is 0 Å². The van der Waals surface area contributed by atoms with Crippen LogP contribution in [-0.4, -0.2) is 18.1 Å². The molecule has 1 saturated carbocycles. The predicted octanol–water partition coefficient (Wildman–Crippen LogP) is 1.46. The number of esters is 1. The first kappa shape index (κ1) is 10.5. The molecule has 0 aromatic rings. The van der Waals surface area contributed by atoms with E-state index in [9.17, 15) is 4.79 Å². The fourth-order valence-corrected chi connectivity index (χ4v) is 1.61. The molecular weight excluding hydrogens is 166 g/mol. The molecule has 0 aromatic carbocycles. The molecule has 0 aromatic heterocycles. The maximum atomic E-state index is 11.5. The maximum absolute atomic E-state index is 11.5. The van der Waals surface area contributed by atoms with Gasteiger partial charge in [0.1, 0.15) is 0 Å². The highest BCUT2D eigenvalue weighted by Gasteiger charge is 2.29. The Morgan fingerprint density at radius 3 is 2.77 bits per heavy atom. The molecule has 13 heavy (non-hydrogen) atoms. The zero-order chi connectivity index (χ0) is 9.84. The lowest BCUT2D eigenvalue weighted by molar-refractivity contribution is -0.153. The summed E-state index contributed by atoms with van der Waals surface area (Å²) in [5, 5.41) is 0. The van der Waals surface area contributed by atoms with E-state index < -0.39 is 0 Å². The molecule has 0 amide bonds. The second kappa shape index (κ2) is 4.61. The lowest BCUT2D eigenvalue weighted by atomic mass is 10.1. The zero-order valence-corrected chi connectivity index (χ0v) is 8.45. The van der Waals surface area contributed by atoms with Gasteiger partial charge in [-0.05, 0) is 32.6 Å². The molecule has 0 saturated heterocycles. The molecule has 3 atom stereocenters. The molecule has 1 aliphatic carbocycles. The molecule has 1 aliphatic rings. The number of hydrogen-bond donors (Lipinski definition) is 1. The second-order valence-electron chi connectivity index (χ2n) is 3.93. The third kappa shape index (κ3) is 2.99. The van der Waals surface area contributed by atoms with E-state index >= 15 is 0 Å². The Bertz CT molecular complexity index is 182. The van der Waals surface area contributed by atoms with Crippen molar-refractivity contribution in [1.29, 1.82) is 0 Å². The quantitative estimate of drug-likeness (QED) is 0.677. The summed E-state index contributed by atoms with van der Waals surface area (Å²) in [5.41, 5.74) is 5.72. The number of ether oxygens (including phenoxy) is 1. The smallest absolute Gasteiger partial charge is 0.309 e. The Hall–Kier alpha value is -0.570. The highest BCUT2D eigenvalue weighted by molar-refractivity contribution is 5.73. The highest BCUT2D eigenvalue weighted by Crippen LogP contribution is 2.25. The number of hydrogen-bond acceptors (Lipinski definition) is 3. The molecule has 2 N–H and O–H groups in total. The first-order valence-electron chi connectivity index (χ1n) is 5.09. The summed E-state index contributed by atoms with van der Waals surface area (Å²) in [4.78, 5) is 11.5. The summed E-state index contributed by atoms with van der Waals surface area (Å²) >= 11 is 0. The van der Waals surface area contributed by atoms with E-state index in [1.54, 1.807) is 0 Å². The molecule has 0 spiro atoms. The first-order valence-corrected chi connectivity index (χ1v) is 5.09. The van der Waals surface area contributed by atoms with Crippen LogP contribution in [0.5, 0.6) is 0 Å². The van der Waals surface area contributed by atoms with E-state index in [1.807, 2.05) is 13.8 Å². The maximum Gasteiger partial charge on any atom is 0.309 e. The van der Waals surface area contributed by atoms with Crippen LogP contribution >= 0.6 is 0 Å². The average molecular weight is 185 g/mol. The van der Waals surface area contributed by atoms with E-state index in [1.165, 1.54) is 0 Å². The average Bonchev–Trinajstić information content (AvgIpc) is 2.51. The first-order chi connectivity index (χ1) is 6.13. The lowest BCUT2D eigenvalue weighted by Gasteiger charge is -2.14. The van der Waals surface area contributed by atoms with Crippen molar-refractivity contribution >= 4 is 5.97 Å². The summed E-state index contributed by atoms with van der Waals surface area (Å²) < 4.78 is 5.24. The molecule has 3 heteroatoms. The molecule has 0 radical (unpaired) electrons. The normalized spacial score (nSPS) is 30.1. The largest absolute Gasteiger partial charge is 0.462 e. The molecule has 3 unspecified atom stereocenters. The van der Waals surface area contributed by atoms with Gasteiger partial charge in [-0.25, -0.2) is 0 Å². The minimum Gasteiger partial charge on any atom is -0.462 e. The Labute approximate surface area is 79.6 Å². The Morgan fingerprint density at radius 2 is 2.31 bits per heavy atom. The van der Waals surface area contributed by atoms with Crippen molar-refractivity contribution in [2.24, 2.45) is 11.7 Å². The monoisotopic (exact) mass is 185 g/mol. The van der Waals surface area contributed by atoms with Crippen molar-refractivity contribution in [3.63, 3.8) is 0 Å². The van der Waals surface area contributed by atoms with E-state index in [0.717, 1.165) is 25.7 Å². The summed E-state index contributed by atoms with van der Waals surface area (Å²) in [6, 6.07) is 0.203. The highest BCUT2D eigenvalue weighted by atomic mass is 16.5. The predicted molar refractivity (Wildman–Crippen MR) is 51.2 cm³/mol. The number of carbonyl (C=O) groups excluding carboxylic acids is 1. The fraction of sp³-hybridized carbons (Fsp3) is 0.900. The van der Waals surface area contributed by atoms with Crippen molar-refractivity contribution in [2.75, 3.05) is 0 Å². The minimum atomic E-state index is -0.0534. The van der Waals surface area contributed by atoms with Crippen molar-refractivity contribution < 1.29 is 9.53 Å². The van der Waals surface area contributed by atoms with Crippen LogP contribution in [0, 0.1) is 5.92 Å². The van der Waals surface area contributed by atoms with Crippen molar-refractivity contribution in [1.82, 2.24) is 0 Å². The fourth-order valence-electron chi connectivity index (χ4n) is 1.61.